The summed E-state index contributed by atoms with van der Waals surface area (Å²) < 4.78 is 0. The molecule has 7 nitrogen and oxygen atoms in total. The average molecular weight is 342 g/mol. The molecule has 0 spiro atoms. The van der Waals surface area contributed by atoms with Crippen LogP contribution in [0.4, 0.5) is 0 Å². The highest BCUT2D eigenvalue weighted by Gasteiger charge is 2.40. The SMILES string of the molecule is CC1(NCc2cccc3c2CN(C2CCC(=O)NC2=O)C3=O)CNC1. The molecule has 2 saturated heterocycles. The summed E-state index contributed by atoms with van der Waals surface area (Å²) in [6.45, 7) is 5.16. The maximum atomic E-state index is 12.8. The Hall–Kier alpha value is -2.25. The van der Waals surface area contributed by atoms with Gasteiger partial charge in [0.2, 0.25) is 11.8 Å². The predicted molar refractivity (Wildman–Crippen MR) is 90.6 cm³/mol. The van der Waals surface area contributed by atoms with Gasteiger partial charge in [0.05, 0.1) is 0 Å². The van der Waals surface area contributed by atoms with Crippen LogP contribution in [0.3, 0.4) is 0 Å². The van der Waals surface area contributed by atoms with Gasteiger partial charge in [0.25, 0.3) is 5.91 Å². The molecular formula is C18H22N4O3. The highest BCUT2D eigenvalue weighted by atomic mass is 16.2. The lowest BCUT2D eigenvalue weighted by Crippen LogP contribution is -2.65. The molecule has 3 aliphatic heterocycles. The van der Waals surface area contributed by atoms with Crippen LogP contribution in [0.2, 0.25) is 0 Å². The van der Waals surface area contributed by atoms with Crippen molar-refractivity contribution in [2.24, 2.45) is 0 Å². The number of nitrogens with zero attached hydrogens (tertiary/aromatic N) is 1. The first-order valence-corrected chi connectivity index (χ1v) is 8.68. The second-order valence-corrected chi connectivity index (χ2v) is 7.36. The number of fused-ring (bicyclic) bond motifs is 1. The molecule has 3 aliphatic rings. The minimum absolute atomic E-state index is 0.0919. The number of carbonyl (C=O) groups is 3. The smallest absolute Gasteiger partial charge is 0.255 e. The third-order valence-electron chi connectivity index (χ3n) is 5.42. The first kappa shape index (κ1) is 16.2. The van der Waals surface area contributed by atoms with Gasteiger partial charge in [0, 0.05) is 43.7 Å². The van der Waals surface area contributed by atoms with E-state index < -0.39 is 6.04 Å². The Morgan fingerprint density at radius 3 is 2.76 bits per heavy atom. The monoisotopic (exact) mass is 342 g/mol. The fourth-order valence-electron chi connectivity index (χ4n) is 3.75. The molecule has 25 heavy (non-hydrogen) atoms. The predicted octanol–water partition coefficient (Wildman–Crippen LogP) is -0.101. The van der Waals surface area contributed by atoms with Crippen molar-refractivity contribution in [3.63, 3.8) is 0 Å². The van der Waals surface area contributed by atoms with Gasteiger partial charge in [-0.3, -0.25) is 19.7 Å². The van der Waals surface area contributed by atoms with Gasteiger partial charge in [-0.25, -0.2) is 0 Å². The Labute approximate surface area is 146 Å². The largest absolute Gasteiger partial charge is 0.322 e. The number of rotatable bonds is 4. The molecular weight excluding hydrogens is 320 g/mol. The van der Waals surface area contributed by atoms with E-state index in [1.807, 2.05) is 18.2 Å². The van der Waals surface area contributed by atoms with E-state index in [4.69, 9.17) is 0 Å². The van der Waals surface area contributed by atoms with Crippen molar-refractivity contribution in [3.8, 4) is 0 Å². The Balaban J connectivity index is 1.53. The number of imide groups is 1. The summed E-state index contributed by atoms with van der Waals surface area (Å²) in [5, 5.41) is 9.15. The van der Waals surface area contributed by atoms with Crippen molar-refractivity contribution >= 4 is 17.7 Å². The number of carbonyl (C=O) groups excluding carboxylic acids is 3. The van der Waals surface area contributed by atoms with Crippen LogP contribution in [0.15, 0.2) is 18.2 Å². The zero-order chi connectivity index (χ0) is 17.6. The highest BCUT2D eigenvalue weighted by molar-refractivity contribution is 6.05. The van der Waals surface area contributed by atoms with Crippen LogP contribution >= 0.6 is 0 Å². The van der Waals surface area contributed by atoms with Crippen molar-refractivity contribution in [2.45, 2.75) is 44.4 Å². The number of nitrogens with one attached hydrogen (secondary N) is 3. The van der Waals surface area contributed by atoms with Crippen LogP contribution in [-0.4, -0.2) is 47.3 Å². The van der Waals surface area contributed by atoms with Crippen molar-refractivity contribution in [2.75, 3.05) is 13.1 Å². The molecule has 0 aliphatic carbocycles. The first-order chi connectivity index (χ1) is 12.0. The normalized spacial score (nSPS) is 24.8. The van der Waals surface area contributed by atoms with E-state index >= 15 is 0 Å². The summed E-state index contributed by atoms with van der Waals surface area (Å²) in [6, 6.07) is 5.18. The number of benzene rings is 1. The van der Waals surface area contributed by atoms with E-state index in [1.165, 1.54) is 0 Å². The van der Waals surface area contributed by atoms with E-state index in [1.54, 1.807) is 4.90 Å². The molecule has 7 heteroatoms. The summed E-state index contributed by atoms with van der Waals surface area (Å²) >= 11 is 0. The third-order valence-corrected chi connectivity index (χ3v) is 5.42. The molecule has 2 fully saturated rings. The molecule has 132 valence electrons. The third kappa shape index (κ3) is 2.83. The Morgan fingerprint density at radius 2 is 2.08 bits per heavy atom. The van der Waals surface area contributed by atoms with E-state index in [9.17, 15) is 14.4 Å². The minimum Gasteiger partial charge on any atom is -0.322 e. The summed E-state index contributed by atoms with van der Waals surface area (Å²) in [6.07, 6.45) is 0.665. The minimum atomic E-state index is -0.563. The molecule has 0 bridgehead atoms. The molecule has 1 atom stereocenters. The van der Waals surface area contributed by atoms with Crippen molar-refractivity contribution < 1.29 is 14.4 Å². The summed E-state index contributed by atoms with van der Waals surface area (Å²) in [5.41, 5.74) is 2.84. The fourth-order valence-corrected chi connectivity index (χ4v) is 3.75. The van der Waals surface area contributed by atoms with E-state index in [-0.39, 0.29) is 29.7 Å². The van der Waals surface area contributed by atoms with Crippen LogP contribution in [0, 0.1) is 0 Å². The maximum Gasteiger partial charge on any atom is 0.255 e. The molecule has 3 heterocycles. The van der Waals surface area contributed by atoms with Crippen molar-refractivity contribution in [1.82, 2.24) is 20.9 Å². The summed E-state index contributed by atoms with van der Waals surface area (Å²) in [4.78, 5) is 37.9. The van der Waals surface area contributed by atoms with Gasteiger partial charge in [-0.05, 0) is 30.5 Å². The quantitative estimate of drug-likeness (QED) is 0.665. The molecule has 3 N–H and O–H groups in total. The zero-order valence-corrected chi connectivity index (χ0v) is 14.2. The second kappa shape index (κ2) is 5.93. The molecule has 1 aromatic carbocycles. The molecule has 0 radical (unpaired) electrons. The number of hydrogen-bond donors (Lipinski definition) is 3. The maximum absolute atomic E-state index is 12.8. The number of piperidine rings is 1. The topological polar surface area (TPSA) is 90.5 Å². The molecule has 0 saturated carbocycles. The lowest BCUT2D eigenvalue weighted by molar-refractivity contribution is -0.136. The van der Waals surface area contributed by atoms with Gasteiger partial charge in [0.1, 0.15) is 6.04 Å². The van der Waals surface area contributed by atoms with Gasteiger partial charge in [-0.2, -0.15) is 0 Å². The fraction of sp³-hybridized carbons (Fsp3) is 0.500. The van der Waals surface area contributed by atoms with Gasteiger partial charge in [-0.1, -0.05) is 12.1 Å². The van der Waals surface area contributed by atoms with Gasteiger partial charge in [-0.15, -0.1) is 0 Å². The lowest BCUT2D eigenvalue weighted by Gasteiger charge is -2.40. The number of hydrogen-bond acceptors (Lipinski definition) is 5. The summed E-state index contributed by atoms with van der Waals surface area (Å²) in [5.74, 6) is -0.759. The van der Waals surface area contributed by atoms with E-state index in [2.05, 4.69) is 22.9 Å². The molecule has 1 unspecified atom stereocenters. The van der Waals surface area contributed by atoms with Gasteiger partial charge in [0.15, 0.2) is 0 Å². The van der Waals surface area contributed by atoms with Crippen LogP contribution in [0.25, 0.3) is 0 Å². The average Bonchev–Trinajstić information content (AvgIpc) is 2.89. The summed E-state index contributed by atoms with van der Waals surface area (Å²) in [7, 11) is 0. The highest BCUT2D eigenvalue weighted by Crippen LogP contribution is 2.30. The molecule has 4 rings (SSSR count). The Kier molecular flexibility index (Phi) is 3.85. The molecule has 3 amide bonds. The van der Waals surface area contributed by atoms with Crippen LogP contribution < -0.4 is 16.0 Å². The van der Waals surface area contributed by atoms with Gasteiger partial charge < -0.3 is 15.5 Å². The second-order valence-electron chi connectivity index (χ2n) is 7.36. The van der Waals surface area contributed by atoms with E-state index in [0.717, 1.165) is 24.2 Å². The standard InChI is InChI=1S/C18H22N4O3/c1-18(9-19-10-18)20-7-11-3-2-4-12-13(11)8-22(17(12)25)14-5-6-15(23)21-16(14)24/h2-4,14,19-20H,5-10H2,1H3,(H,21,23,24). The molecule has 0 aromatic heterocycles. The van der Waals surface area contributed by atoms with Gasteiger partial charge >= 0.3 is 0 Å². The number of amides is 3. The van der Waals surface area contributed by atoms with Crippen LogP contribution in [0.5, 0.6) is 0 Å². The zero-order valence-electron chi connectivity index (χ0n) is 14.2. The first-order valence-electron chi connectivity index (χ1n) is 8.68. The molecule has 1 aromatic rings. The van der Waals surface area contributed by atoms with E-state index in [0.29, 0.717) is 25.1 Å². The Bertz CT molecular complexity index is 757. The van der Waals surface area contributed by atoms with Crippen LogP contribution in [0.1, 0.15) is 41.3 Å². The van der Waals surface area contributed by atoms with Crippen molar-refractivity contribution in [1.29, 1.82) is 0 Å². The Morgan fingerprint density at radius 1 is 1.28 bits per heavy atom. The van der Waals surface area contributed by atoms with Crippen LogP contribution in [-0.2, 0) is 22.7 Å². The lowest BCUT2D eigenvalue weighted by atomic mass is 9.94. The van der Waals surface area contributed by atoms with Crippen molar-refractivity contribution in [3.05, 3.63) is 34.9 Å².